The number of amides is 1. The minimum Gasteiger partial charge on any atom is -0.378 e. The predicted molar refractivity (Wildman–Crippen MR) is 126 cm³/mol. The van der Waals surface area contributed by atoms with Crippen LogP contribution in [0.15, 0.2) is 58.4 Å². The summed E-state index contributed by atoms with van der Waals surface area (Å²) in [6.45, 7) is 3.00. The second-order valence-electron chi connectivity index (χ2n) is 7.54. The van der Waals surface area contributed by atoms with Crippen LogP contribution >= 0.6 is 11.8 Å². The summed E-state index contributed by atoms with van der Waals surface area (Å²) in [5, 5.41) is 11.6. The summed E-state index contributed by atoms with van der Waals surface area (Å²) in [5.74, 6) is -0.200. The number of hydrogen-bond acceptors (Lipinski definition) is 7. The molecule has 2 aliphatic rings. The van der Waals surface area contributed by atoms with Crippen molar-refractivity contribution in [3.8, 4) is 0 Å². The summed E-state index contributed by atoms with van der Waals surface area (Å²) in [4.78, 5) is 34.1. The van der Waals surface area contributed by atoms with Gasteiger partial charge < -0.3 is 14.7 Å². The number of hydrogen-bond donors (Lipinski definition) is 0. The van der Waals surface area contributed by atoms with Gasteiger partial charge in [0.15, 0.2) is 5.17 Å². The molecule has 0 radical (unpaired) electrons. The first-order chi connectivity index (χ1) is 14.9. The first kappa shape index (κ1) is 20.9. The van der Waals surface area contributed by atoms with Gasteiger partial charge >= 0.3 is 0 Å². The number of amidine groups is 1. The van der Waals surface area contributed by atoms with Crippen molar-refractivity contribution in [2.45, 2.75) is 0 Å². The van der Waals surface area contributed by atoms with Gasteiger partial charge in [0, 0.05) is 63.8 Å². The molecule has 9 heteroatoms. The number of piperazine rings is 1. The van der Waals surface area contributed by atoms with E-state index < -0.39 is 4.92 Å². The van der Waals surface area contributed by atoms with E-state index in [0.717, 1.165) is 48.3 Å². The first-order valence-electron chi connectivity index (χ1n) is 9.95. The number of non-ortho nitro benzene ring substituents is 1. The lowest BCUT2D eigenvalue weighted by molar-refractivity contribution is -0.384. The second kappa shape index (κ2) is 8.81. The first-order valence-corrected chi connectivity index (χ1v) is 10.8. The Balaban J connectivity index is 1.36. The number of carbonyl (C=O) groups is 1. The van der Waals surface area contributed by atoms with Gasteiger partial charge in [-0.1, -0.05) is 12.1 Å². The van der Waals surface area contributed by atoms with E-state index in [1.165, 1.54) is 23.9 Å². The molecule has 2 heterocycles. The minimum atomic E-state index is -0.393. The van der Waals surface area contributed by atoms with E-state index in [0.29, 0.717) is 4.91 Å². The molecule has 0 unspecified atom stereocenters. The Morgan fingerprint density at radius 1 is 1.00 bits per heavy atom. The largest absolute Gasteiger partial charge is 0.378 e. The quantitative estimate of drug-likeness (QED) is 0.412. The molecule has 0 bridgehead atoms. The van der Waals surface area contributed by atoms with Gasteiger partial charge in [-0.05, 0) is 47.7 Å². The number of nitro benzene ring substituents is 1. The van der Waals surface area contributed by atoms with Crippen molar-refractivity contribution in [3.05, 3.63) is 69.1 Å². The number of thioether (sulfide) groups is 1. The molecule has 0 atom stereocenters. The van der Waals surface area contributed by atoms with Crippen LogP contribution in [-0.2, 0) is 4.79 Å². The molecule has 0 N–H and O–H groups in total. The van der Waals surface area contributed by atoms with Crippen LogP contribution in [0.3, 0.4) is 0 Å². The number of rotatable bonds is 4. The van der Waals surface area contributed by atoms with Crippen LogP contribution in [-0.4, -0.2) is 61.2 Å². The van der Waals surface area contributed by atoms with Crippen LogP contribution in [0.25, 0.3) is 6.08 Å². The molecule has 0 spiro atoms. The molecule has 1 amide bonds. The molecule has 1 fully saturated rings. The van der Waals surface area contributed by atoms with E-state index in [1.807, 2.05) is 49.3 Å². The molecule has 1 saturated heterocycles. The monoisotopic (exact) mass is 437 g/mol. The minimum absolute atomic E-state index is 0.0910. The summed E-state index contributed by atoms with van der Waals surface area (Å²) >= 11 is 1.42. The fraction of sp³-hybridized carbons (Fsp3) is 0.273. The van der Waals surface area contributed by atoms with Crippen molar-refractivity contribution in [2.75, 3.05) is 50.1 Å². The maximum atomic E-state index is 12.4. The molecule has 2 aliphatic heterocycles. The number of nitro groups is 1. The molecule has 160 valence electrons. The van der Waals surface area contributed by atoms with Crippen LogP contribution in [0.1, 0.15) is 5.56 Å². The molecule has 0 aromatic heterocycles. The Morgan fingerprint density at radius 3 is 2.19 bits per heavy atom. The maximum absolute atomic E-state index is 12.4. The lowest BCUT2D eigenvalue weighted by atomic mass is 10.2. The highest BCUT2D eigenvalue weighted by molar-refractivity contribution is 8.18. The van der Waals surface area contributed by atoms with Gasteiger partial charge in [-0.25, -0.2) is 0 Å². The summed E-state index contributed by atoms with van der Waals surface area (Å²) in [7, 11) is 3.98. The molecule has 8 nitrogen and oxygen atoms in total. The topological polar surface area (TPSA) is 82.3 Å². The second-order valence-corrected chi connectivity index (χ2v) is 8.55. The fourth-order valence-electron chi connectivity index (χ4n) is 3.49. The average Bonchev–Trinajstić information content (AvgIpc) is 3.14. The van der Waals surface area contributed by atoms with Gasteiger partial charge in [-0.2, -0.15) is 4.99 Å². The van der Waals surface area contributed by atoms with Crippen molar-refractivity contribution in [2.24, 2.45) is 4.99 Å². The summed E-state index contributed by atoms with van der Waals surface area (Å²) < 4.78 is 0. The Labute approximate surface area is 185 Å². The molecular weight excluding hydrogens is 414 g/mol. The number of aliphatic imine (C=N–C) groups is 1. The van der Waals surface area contributed by atoms with Gasteiger partial charge in [0.1, 0.15) is 0 Å². The van der Waals surface area contributed by atoms with Crippen LogP contribution in [0.5, 0.6) is 0 Å². The number of nitrogens with zero attached hydrogens (tertiary/aromatic N) is 5. The van der Waals surface area contributed by atoms with E-state index in [9.17, 15) is 14.9 Å². The Kier molecular flexibility index (Phi) is 5.94. The molecule has 2 aromatic carbocycles. The van der Waals surface area contributed by atoms with Gasteiger partial charge in [-0.15, -0.1) is 0 Å². The van der Waals surface area contributed by atoms with Gasteiger partial charge in [0.05, 0.1) is 9.83 Å². The number of benzene rings is 2. The Bertz CT molecular complexity index is 1040. The molecule has 4 rings (SSSR count). The van der Waals surface area contributed by atoms with E-state index >= 15 is 0 Å². The highest BCUT2D eigenvalue weighted by atomic mass is 32.2. The fourth-order valence-corrected chi connectivity index (χ4v) is 4.46. The number of carbonyl (C=O) groups excluding carboxylic acids is 1. The van der Waals surface area contributed by atoms with Gasteiger partial charge in [0.2, 0.25) is 0 Å². The SMILES string of the molecule is CN(C)c1ccc(C=C2SC(N3CCN(c4ccc([N+](=O)[O-])cc4)CC3)=NC2=O)cc1. The van der Waals surface area contributed by atoms with Crippen molar-refractivity contribution >= 4 is 46.0 Å². The lowest BCUT2D eigenvalue weighted by Gasteiger charge is -2.36. The van der Waals surface area contributed by atoms with Crippen LogP contribution in [0, 0.1) is 10.1 Å². The smallest absolute Gasteiger partial charge is 0.286 e. The average molecular weight is 438 g/mol. The van der Waals surface area contributed by atoms with Gasteiger partial charge in [-0.3, -0.25) is 14.9 Å². The third-order valence-electron chi connectivity index (χ3n) is 5.29. The van der Waals surface area contributed by atoms with Crippen molar-refractivity contribution in [1.82, 2.24) is 4.90 Å². The van der Waals surface area contributed by atoms with Crippen LogP contribution in [0.4, 0.5) is 17.1 Å². The molecule has 0 aliphatic carbocycles. The van der Waals surface area contributed by atoms with Crippen molar-refractivity contribution in [3.63, 3.8) is 0 Å². The zero-order valence-corrected chi connectivity index (χ0v) is 18.2. The Morgan fingerprint density at radius 2 is 1.61 bits per heavy atom. The zero-order chi connectivity index (χ0) is 22.0. The molecule has 31 heavy (non-hydrogen) atoms. The van der Waals surface area contributed by atoms with Crippen LogP contribution in [0.2, 0.25) is 0 Å². The molecule has 2 aromatic rings. The highest BCUT2D eigenvalue weighted by Gasteiger charge is 2.28. The predicted octanol–water partition coefficient (Wildman–Crippen LogP) is 3.45. The third kappa shape index (κ3) is 4.72. The normalized spacial score (nSPS) is 17.8. The third-order valence-corrected chi connectivity index (χ3v) is 6.34. The summed E-state index contributed by atoms with van der Waals surface area (Å²) in [5.41, 5.74) is 3.13. The lowest BCUT2D eigenvalue weighted by Crippen LogP contribution is -2.47. The molecular formula is C22H23N5O3S. The van der Waals surface area contributed by atoms with E-state index in [-0.39, 0.29) is 11.6 Å². The van der Waals surface area contributed by atoms with Crippen LogP contribution < -0.4 is 9.80 Å². The van der Waals surface area contributed by atoms with Crippen molar-refractivity contribution in [1.29, 1.82) is 0 Å². The van der Waals surface area contributed by atoms with Gasteiger partial charge in [0.25, 0.3) is 11.6 Å². The standard InChI is InChI=1S/C22H23N5O3S/c1-24(2)17-5-3-16(4-6-17)15-20-21(28)23-22(31-20)26-13-11-25(12-14-26)18-7-9-19(10-8-18)27(29)30/h3-10,15H,11-14H2,1-2H3. The summed E-state index contributed by atoms with van der Waals surface area (Å²) in [6, 6.07) is 14.7. The van der Waals surface area contributed by atoms with E-state index in [4.69, 9.17) is 0 Å². The summed E-state index contributed by atoms with van der Waals surface area (Å²) in [6.07, 6.45) is 1.88. The van der Waals surface area contributed by atoms with E-state index in [2.05, 4.69) is 14.8 Å². The molecule has 0 saturated carbocycles. The Hall–Kier alpha value is -3.33. The van der Waals surface area contributed by atoms with E-state index in [1.54, 1.807) is 12.1 Å². The maximum Gasteiger partial charge on any atom is 0.286 e. The van der Waals surface area contributed by atoms with Crippen molar-refractivity contribution < 1.29 is 9.72 Å². The highest BCUT2D eigenvalue weighted by Crippen LogP contribution is 2.31. The zero-order valence-electron chi connectivity index (χ0n) is 17.4. The number of anilines is 2.